The van der Waals surface area contributed by atoms with Gasteiger partial charge in [-0.05, 0) is 61.4 Å². The van der Waals surface area contributed by atoms with Crippen LogP contribution in [0.2, 0.25) is 0 Å². The largest absolute Gasteiger partial charge is 0.573 e. The molecule has 164 valence electrons. The average molecular weight is 450 g/mol. The van der Waals surface area contributed by atoms with E-state index in [1.807, 2.05) is 12.1 Å². The third kappa shape index (κ3) is 6.32. The number of alkyl halides is 3. The molecule has 1 amide bonds. The number of nitrogens with two attached hydrogens (primary N) is 1. The highest BCUT2D eigenvalue weighted by molar-refractivity contribution is 8.01. The van der Waals surface area contributed by atoms with Crippen molar-refractivity contribution in [2.45, 2.75) is 28.8 Å². The van der Waals surface area contributed by atoms with E-state index in [1.165, 1.54) is 36.0 Å². The first kappa shape index (κ1) is 22.8. The maximum absolute atomic E-state index is 12.2. The maximum atomic E-state index is 12.2. The molecule has 0 spiro atoms. The van der Waals surface area contributed by atoms with E-state index in [4.69, 9.17) is 16.9 Å². The Kier molecular flexibility index (Phi) is 7.03. The van der Waals surface area contributed by atoms with Gasteiger partial charge in [-0.3, -0.25) is 9.69 Å². The number of rotatable bonds is 7. The molecule has 5 nitrogen and oxygen atoms in total. The second-order valence-electron chi connectivity index (χ2n) is 7.03. The van der Waals surface area contributed by atoms with Crippen molar-refractivity contribution in [3.63, 3.8) is 0 Å². The van der Waals surface area contributed by atoms with Crippen LogP contribution < -0.4 is 15.2 Å². The third-order valence-corrected chi connectivity index (χ3v) is 6.37. The first-order chi connectivity index (χ1) is 14.7. The smallest absolute Gasteiger partial charge is 0.457 e. The molecule has 9 heteroatoms. The molecule has 0 unspecified atom stereocenters. The van der Waals surface area contributed by atoms with Crippen molar-refractivity contribution in [3.05, 3.63) is 48.5 Å². The molecule has 1 aliphatic heterocycles. The Morgan fingerprint density at radius 1 is 1.06 bits per heavy atom. The van der Waals surface area contributed by atoms with Gasteiger partial charge in [-0.15, -0.1) is 31.4 Å². The van der Waals surface area contributed by atoms with Crippen LogP contribution in [0.25, 0.3) is 0 Å². The van der Waals surface area contributed by atoms with Crippen molar-refractivity contribution < 1.29 is 27.4 Å². The number of carbonyl (C=O) groups excluding carboxylic acids is 1. The summed E-state index contributed by atoms with van der Waals surface area (Å²) in [7, 11) is 0. The second kappa shape index (κ2) is 9.54. The van der Waals surface area contributed by atoms with Gasteiger partial charge in [-0.1, -0.05) is 5.92 Å². The number of halogens is 3. The second-order valence-corrected chi connectivity index (χ2v) is 8.49. The number of ether oxygens (including phenoxy) is 2. The molecule has 2 aromatic rings. The van der Waals surface area contributed by atoms with Gasteiger partial charge >= 0.3 is 6.36 Å². The molecular formula is C22H21F3N2O3S. The van der Waals surface area contributed by atoms with Crippen molar-refractivity contribution in [3.8, 4) is 29.6 Å². The molecule has 0 atom stereocenters. The number of thioether (sulfide) groups is 1. The minimum Gasteiger partial charge on any atom is -0.457 e. The number of primary amides is 1. The van der Waals surface area contributed by atoms with Gasteiger partial charge in [-0.25, -0.2) is 0 Å². The van der Waals surface area contributed by atoms with E-state index in [0.29, 0.717) is 44.0 Å². The minimum atomic E-state index is -4.74. The monoisotopic (exact) mass is 450 g/mol. The third-order valence-electron chi connectivity index (χ3n) is 4.86. The summed E-state index contributed by atoms with van der Waals surface area (Å²) in [5.41, 5.74) is 5.73. The highest BCUT2D eigenvalue weighted by Crippen LogP contribution is 2.41. The highest BCUT2D eigenvalue weighted by atomic mass is 32.2. The quantitative estimate of drug-likeness (QED) is 0.633. The number of piperidine rings is 1. The van der Waals surface area contributed by atoms with Crippen molar-refractivity contribution in [2.75, 3.05) is 19.6 Å². The van der Waals surface area contributed by atoms with Gasteiger partial charge in [0.05, 0.1) is 6.54 Å². The summed E-state index contributed by atoms with van der Waals surface area (Å²) >= 11 is 1.43. The SMILES string of the molecule is C#CCN1CCC(Sc2ccc(Oc3ccc(OC(F)(F)F)cc3)cc2)(C(N)=O)CC1. The molecular weight excluding hydrogens is 429 g/mol. The molecule has 1 aliphatic rings. The van der Waals surface area contributed by atoms with Gasteiger partial charge < -0.3 is 15.2 Å². The first-order valence-electron chi connectivity index (χ1n) is 9.48. The lowest BCUT2D eigenvalue weighted by Gasteiger charge is -2.38. The Balaban J connectivity index is 1.62. The zero-order valence-corrected chi connectivity index (χ0v) is 17.3. The van der Waals surface area contributed by atoms with Crippen LogP contribution in [0.3, 0.4) is 0 Å². The van der Waals surface area contributed by atoms with Crippen molar-refractivity contribution in [1.29, 1.82) is 0 Å². The fourth-order valence-corrected chi connectivity index (χ4v) is 4.46. The van der Waals surface area contributed by atoms with Gasteiger partial charge in [0.15, 0.2) is 0 Å². The lowest BCUT2D eigenvalue weighted by atomic mass is 9.95. The molecule has 1 heterocycles. The Morgan fingerprint density at radius 3 is 2.06 bits per heavy atom. The Labute approximate surface area is 182 Å². The molecule has 0 aromatic heterocycles. The number of terminal acetylenes is 1. The maximum Gasteiger partial charge on any atom is 0.573 e. The normalized spacial score (nSPS) is 16.3. The van der Waals surface area contributed by atoms with E-state index in [1.54, 1.807) is 12.1 Å². The fourth-order valence-electron chi connectivity index (χ4n) is 3.25. The van der Waals surface area contributed by atoms with Gasteiger partial charge in [0.1, 0.15) is 22.0 Å². The number of carbonyl (C=O) groups is 1. The summed E-state index contributed by atoms with van der Waals surface area (Å²) in [6.07, 6.45) is 1.84. The number of benzene rings is 2. The number of nitrogens with zero attached hydrogens (tertiary/aromatic N) is 1. The molecule has 1 fully saturated rings. The van der Waals surface area contributed by atoms with Crippen LogP contribution in [-0.4, -0.2) is 41.6 Å². The highest BCUT2D eigenvalue weighted by Gasteiger charge is 2.40. The van der Waals surface area contributed by atoms with Crippen molar-refractivity contribution in [1.82, 2.24) is 4.90 Å². The summed E-state index contributed by atoms with van der Waals surface area (Å²) in [6.45, 7) is 1.96. The van der Waals surface area contributed by atoms with E-state index >= 15 is 0 Å². The molecule has 0 saturated carbocycles. The van der Waals surface area contributed by atoms with E-state index in [9.17, 15) is 18.0 Å². The summed E-state index contributed by atoms with van der Waals surface area (Å²) in [4.78, 5) is 15.2. The molecule has 3 rings (SSSR count). The van der Waals surface area contributed by atoms with Crippen LogP contribution in [0.15, 0.2) is 53.4 Å². The van der Waals surface area contributed by atoms with Crippen LogP contribution >= 0.6 is 11.8 Å². The fraction of sp³-hybridized carbons (Fsp3) is 0.318. The minimum absolute atomic E-state index is 0.323. The lowest BCUT2D eigenvalue weighted by molar-refractivity contribution is -0.274. The van der Waals surface area contributed by atoms with Gasteiger partial charge in [0.2, 0.25) is 5.91 Å². The van der Waals surface area contributed by atoms with Crippen molar-refractivity contribution >= 4 is 17.7 Å². The Hall–Kier alpha value is -2.83. The molecule has 0 bridgehead atoms. The topological polar surface area (TPSA) is 64.8 Å². The Bertz CT molecular complexity index is 932. The molecule has 2 N–H and O–H groups in total. The van der Waals surface area contributed by atoms with E-state index in [-0.39, 0.29) is 11.7 Å². The summed E-state index contributed by atoms with van der Waals surface area (Å²) < 4.78 is 45.5. The van der Waals surface area contributed by atoms with Gasteiger partial charge in [0, 0.05) is 18.0 Å². The predicted molar refractivity (Wildman–Crippen MR) is 112 cm³/mol. The molecule has 31 heavy (non-hydrogen) atoms. The van der Waals surface area contributed by atoms with Gasteiger partial charge in [0.25, 0.3) is 0 Å². The van der Waals surface area contributed by atoms with Crippen LogP contribution in [0.5, 0.6) is 17.2 Å². The molecule has 1 saturated heterocycles. The first-order valence-corrected chi connectivity index (χ1v) is 10.3. The van der Waals surface area contributed by atoms with Crippen LogP contribution in [0.1, 0.15) is 12.8 Å². The molecule has 2 aromatic carbocycles. The van der Waals surface area contributed by atoms with Crippen molar-refractivity contribution in [2.24, 2.45) is 5.73 Å². The zero-order valence-electron chi connectivity index (χ0n) is 16.5. The lowest BCUT2D eigenvalue weighted by Crippen LogP contribution is -2.50. The zero-order chi connectivity index (χ0) is 22.5. The summed E-state index contributed by atoms with van der Waals surface area (Å²) in [6, 6.07) is 12.2. The summed E-state index contributed by atoms with van der Waals surface area (Å²) in [5, 5.41) is 0. The van der Waals surface area contributed by atoms with E-state index in [2.05, 4.69) is 15.6 Å². The number of likely N-dealkylation sites (tertiary alicyclic amines) is 1. The molecule has 0 aliphatic carbocycles. The number of amides is 1. The number of hydrogen-bond acceptors (Lipinski definition) is 5. The standard InChI is InChI=1S/C22H21F3N2O3S/c1-2-13-27-14-11-21(12-15-27,20(26)28)31-19-9-7-17(8-10-19)29-16-3-5-18(6-4-16)30-22(23,24)25/h1,3-10H,11-15H2,(H2,26,28). The Morgan fingerprint density at radius 2 is 1.58 bits per heavy atom. The van der Waals surface area contributed by atoms with Crippen LogP contribution in [-0.2, 0) is 4.79 Å². The van der Waals surface area contributed by atoms with E-state index < -0.39 is 11.1 Å². The van der Waals surface area contributed by atoms with Crippen LogP contribution in [0, 0.1) is 12.3 Å². The van der Waals surface area contributed by atoms with Gasteiger partial charge in [-0.2, -0.15) is 0 Å². The average Bonchev–Trinajstić information content (AvgIpc) is 2.71. The molecule has 0 radical (unpaired) electrons. The number of hydrogen-bond donors (Lipinski definition) is 1. The predicted octanol–water partition coefficient (Wildman–Crippen LogP) is 4.42. The van der Waals surface area contributed by atoms with Crippen LogP contribution in [0.4, 0.5) is 13.2 Å². The summed E-state index contributed by atoms with van der Waals surface area (Å²) in [5.74, 6) is 2.82. The van der Waals surface area contributed by atoms with E-state index in [0.717, 1.165) is 4.90 Å².